The Morgan fingerprint density at radius 2 is 1.90 bits per heavy atom. The molecule has 8 nitrogen and oxygen atoms in total. The van der Waals surface area contributed by atoms with Gasteiger partial charge in [0, 0.05) is 38.7 Å². The number of hydrogen-bond acceptors (Lipinski definition) is 6. The van der Waals surface area contributed by atoms with E-state index < -0.39 is 0 Å². The highest BCUT2D eigenvalue weighted by molar-refractivity contribution is 5.88. The molecule has 0 bridgehead atoms. The van der Waals surface area contributed by atoms with Crippen molar-refractivity contribution >= 4 is 28.5 Å². The van der Waals surface area contributed by atoms with Crippen LogP contribution in [-0.2, 0) is 11.8 Å². The second kappa shape index (κ2) is 8.02. The molecular weight excluding hydrogens is 366 g/mol. The molecule has 0 radical (unpaired) electrons. The van der Waals surface area contributed by atoms with E-state index in [1.165, 1.54) is 32.1 Å². The first kappa shape index (κ1) is 18.4. The summed E-state index contributed by atoms with van der Waals surface area (Å²) in [5, 5.41) is 11.6. The monoisotopic (exact) mass is 395 g/mol. The van der Waals surface area contributed by atoms with Gasteiger partial charge in [-0.15, -0.1) is 0 Å². The fourth-order valence-electron chi connectivity index (χ4n) is 4.47. The third-order valence-corrected chi connectivity index (χ3v) is 6.09. The van der Waals surface area contributed by atoms with Gasteiger partial charge in [-0.3, -0.25) is 4.68 Å². The highest BCUT2D eigenvalue weighted by Crippen LogP contribution is 2.28. The quantitative estimate of drug-likeness (QED) is 0.679. The molecule has 2 fully saturated rings. The summed E-state index contributed by atoms with van der Waals surface area (Å²) in [4.78, 5) is 9.56. The number of fused-ring (bicyclic) bond motifs is 1. The van der Waals surface area contributed by atoms with Crippen LogP contribution < -0.4 is 10.6 Å². The second-order valence-electron chi connectivity index (χ2n) is 8.21. The van der Waals surface area contributed by atoms with E-state index in [-0.39, 0.29) is 0 Å². The molecule has 3 aromatic rings. The summed E-state index contributed by atoms with van der Waals surface area (Å²) in [5.74, 6) is 1.52. The predicted molar refractivity (Wildman–Crippen MR) is 114 cm³/mol. The van der Waals surface area contributed by atoms with Crippen molar-refractivity contribution < 1.29 is 4.74 Å². The van der Waals surface area contributed by atoms with E-state index in [2.05, 4.69) is 20.3 Å². The van der Waals surface area contributed by atoms with Crippen LogP contribution >= 0.6 is 0 Å². The van der Waals surface area contributed by atoms with E-state index in [1.54, 1.807) is 0 Å². The van der Waals surface area contributed by atoms with Gasteiger partial charge in [-0.1, -0.05) is 19.3 Å². The molecular formula is C21H29N7O. The number of anilines is 3. The Bertz CT molecular complexity index is 967. The van der Waals surface area contributed by atoms with E-state index in [4.69, 9.17) is 14.7 Å². The number of aromatic nitrogens is 5. The number of aryl methyl sites for hydroxylation is 1. The van der Waals surface area contributed by atoms with Crippen molar-refractivity contribution in [1.82, 2.24) is 24.3 Å². The molecule has 0 atom stereocenters. The van der Waals surface area contributed by atoms with Gasteiger partial charge in [-0.05, 0) is 31.7 Å². The van der Waals surface area contributed by atoms with Crippen molar-refractivity contribution in [2.24, 2.45) is 7.05 Å². The standard InChI is InChI=1S/C21H29N7O/c1-27-10-7-18-19(27)20(23-15-5-3-2-4-6-15)26-21(25-18)24-16-13-22-28(14-16)17-8-11-29-12-9-17/h7,10,13-15,17H,2-6,8-9,11-12H2,1H3,(H2,23,24,25,26). The van der Waals surface area contributed by atoms with Crippen LogP contribution in [0.2, 0.25) is 0 Å². The van der Waals surface area contributed by atoms with Crippen molar-refractivity contribution in [1.29, 1.82) is 0 Å². The summed E-state index contributed by atoms with van der Waals surface area (Å²) < 4.78 is 9.58. The van der Waals surface area contributed by atoms with E-state index in [0.717, 1.165) is 48.6 Å². The second-order valence-corrected chi connectivity index (χ2v) is 8.21. The molecule has 2 N–H and O–H groups in total. The average Bonchev–Trinajstić information content (AvgIpc) is 3.36. The number of hydrogen-bond donors (Lipinski definition) is 2. The van der Waals surface area contributed by atoms with Crippen molar-refractivity contribution in [3.05, 3.63) is 24.7 Å². The minimum atomic E-state index is 0.403. The molecule has 0 unspecified atom stereocenters. The Labute approximate surface area is 170 Å². The molecule has 1 aliphatic carbocycles. The highest BCUT2D eigenvalue weighted by atomic mass is 16.5. The zero-order valence-electron chi connectivity index (χ0n) is 17.0. The van der Waals surface area contributed by atoms with Gasteiger partial charge in [0.15, 0.2) is 5.82 Å². The SMILES string of the molecule is Cn1ccc2nc(Nc3cnn(C4CCOCC4)c3)nc(NC3CCCCC3)c21. The zero-order valence-corrected chi connectivity index (χ0v) is 17.0. The summed E-state index contributed by atoms with van der Waals surface area (Å²) >= 11 is 0. The summed E-state index contributed by atoms with van der Waals surface area (Å²) in [6.45, 7) is 1.61. The third-order valence-electron chi connectivity index (χ3n) is 6.09. The van der Waals surface area contributed by atoms with Gasteiger partial charge >= 0.3 is 0 Å². The average molecular weight is 396 g/mol. The normalized spacial score (nSPS) is 18.9. The molecule has 4 heterocycles. The highest BCUT2D eigenvalue weighted by Gasteiger charge is 2.19. The van der Waals surface area contributed by atoms with Crippen LogP contribution in [0.15, 0.2) is 24.7 Å². The van der Waals surface area contributed by atoms with Crippen molar-refractivity contribution in [2.75, 3.05) is 23.8 Å². The molecule has 0 spiro atoms. The Morgan fingerprint density at radius 1 is 1.07 bits per heavy atom. The van der Waals surface area contributed by atoms with Crippen LogP contribution in [0.1, 0.15) is 51.0 Å². The van der Waals surface area contributed by atoms with Crippen molar-refractivity contribution in [3.8, 4) is 0 Å². The maximum absolute atomic E-state index is 5.46. The van der Waals surface area contributed by atoms with Gasteiger partial charge in [0.05, 0.1) is 23.4 Å². The number of ether oxygens (including phenoxy) is 1. The molecule has 1 aliphatic heterocycles. The molecule has 154 valence electrons. The molecule has 8 heteroatoms. The van der Waals surface area contributed by atoms with Crippen molar-refractivity contribution in [2.45, 2.75) is 57.0 Å². The van der Waals surface area contributed by atoms with Gasteiger partial charge in [-0.25, -0.2) is 4.98 Å². The molecule has 3 aromatic heterocycles. The van der Waals surface area contributed by atoms with Crippen LogP contribution in [0.5, 0.6) is 0 Å². The Kier molecular flexibility index (Phi) is 5.10. The van der Waals surface area contributed by atoms with Crippen molar-refractivity contribution in [3.63, 3.8) is 0 Å². The molecule has 0 aromatic carbocycles. The lowest BCUT2D eigenvalue weighted by Crippen LogP contribution is -2.23. The van der Waals surface area contributed by atoms with Crippen LogP contribution in [0.25, 0.3) is 11.0 Å². The summed E-state index contributed by atoms with van der Waals surface area (Å²) in [5.41, 5.74) is 2.91. The van der Waals surface area contributed by atoms with Crippen LogP contribution in [0, 0.1) is 0 Å². The summed E-state index contributed by atoms with van der Waals surface area (Å²) in [6, 6.07) is 2.93. The molecule has 0 amide bonds. The Morgan fingerprint density at radius 3 is 2.72 bits per heavy atom. The molecule has 29 heavy (non-hydrogen) atoms. The van der Waals surface area contributed by atoms with Gasteiger partial charge in [0.2, 0.25) is 5.95 Å². The lowest BCUT2D eigenvalue weighted by atomic mass is 9.95. The van der Waals surface area contributed by atoms with E-state index in [9.17, 15) is 0 Å². The maximum atomic E-state index is 5.46. The first-order valence-corrected chi connectivity index (χ1v) is 10.7. The molecule has 5 rings (SSSR count). The molecule has 1 saturated heterocycles. The lowest BCUT2D eigenvalue weighted by molar-refractivity contribution is 0.0662. The minimum Gasteiger partial charge on any atom is -0.381 e. The fourth-order valence-corrected chi connectivity index (χ4v) is 4.47. The smallest absolute Gasteiger partial charge is 0.229 e. The predicted octanol–water partition coefficient (Wildman–Crippen LogP) is 4.00. The minimum absolute atomic E-state index is 0.403. The number of nitrogens with one attached hydrogen (secondary N) is 2. The van der Waals surface area contributed by atoms with Crippen LogP contribution in [0.4, 0.5) is 17.5 Å². The van der Waals surface area contributed by atoms with Gasteiger partial charge < -0.3 is 19.9 Å². The maximum Gasteiger partial charge on any atom is 0.229 e. The Hall–Kier alpha value is -2.61. The van der Waals surface area contributed by atoms with Gasteiger partial charge in [-0.2, -0.15) is 10.1 Å². The first-order chi connectivity index (χ1) is 14.3. The van der Waals surface area contributed by atoms with Crippen LogP contribution in [0.3, 0.4) is 0 Å². The van der Waals surface area contributed by atoms with Gasteiger partial charge in [0.25, 0.3) is 0 Å². The zero-order chi connectivity index (χ0) is 19.6. The lowest BCUT2D eigenvalue weighted by Gasteiger charge is -2.24. The summed E-state index contributed by atoms with van der Waals surface area (Å²) in [6.07, 6.45) is 14.3. The van der Waals surface area contributed by atoms with Crippen LogP contribution in [-0.4, -0.2) is 43.6 Å². The molecule has 1 saturated carbocycles. The number of nitrogens with zero attached hydrogens (tertiary/aromatic N) is 5. The van der Waals surface area contributed by atoms with E-state index in [0.29, 0.717) is 18.0 Å². The first-order valence-electron chi connectivity index (χ1n) is 10.7. The fraction of sp³-hybridized carbons (Fsp3) is 0.571. The largest absolute Gasteiger partial charge is 0.381 e. The van der Waals surface area contributed by atoms with Gasteiger partial charge in [0.1, 0.15) is 5.52 Å². The van der Waals surface area contributed by atoms with E-state index >= 15 is 0 Å². The number of rotatable bonds is 5. The van der Waals surface area contributed by atoms with E-state index in [1.807, 2.05) is 36.4 Å². The third kappa shape index (κ3) is 3.94. The summed E-state index contributed by atoms with van der Waals surface area (Å²) in [7, 11) is 2.04. The topological polar surface area (TPSA) is 81.8 Å². The molecule has 2 aliphatic rings. The Balaban J connectivity index is 1.39.